The van der Waals surface area contributed by atoms with Crippen molar-refractivity contribution in [1.82, 2.24) is 24.6 Å². The van der Waals surface area contributed by atoms with Gasteiger partial charge in [0.2, 0.25) is 5.91 Å². The lowest BCUT2D eigenvalue weighted by atomic mass is 10.2. The Morgan fingerprint density at radius 1 is 1.37 bits per heavy atom. The number of aromatic amines is 1. The number of hydrogen-bond acceptors (Lipinski definition) is 5. The van der Waals surface area contributed by atoms with Crippen LogP contribution in [0.25, 0.3) is 17.0 Å². The second-order valence-electron chi connectivity index (χ2n) is 6.06. The Bertz CT molecular complexity index is 1020. The van der Waals surface area contributed by atoms with Gasteiger partial charge in [0.25, 0.3) is 5.56 Å². The van der Waals surface area contributed by atoms with Gasteiger partial charge in [0, 0.05) is 38.5 Å². The Morgan fingerprint density at radius 2 is 2.19 bits per heavy atom. The van der Waals surface area contributed by atoms with Gasteiger partial charge in [-0.3, -0.25) is 14.3 Å². The third kappa shape index (κ3) is 4.68. The number of fused-ring (bicyclic) bond motifs is 1. The average Bonchev–Trinajstić information content (AvgIpc) is 3.08. The van der Waals surface area contributed by atoms with Gasteiger partial charge in [-0.2, -0.15) is 5.10 Å². The van der Waals surface area contributed by atoms with Gasteiger partial charge in [0.15, 0.2) is 0 Å². The van der Waals surface area contributed by atoms with Crippen LogP contribution in [0.2, 0.25) is 0 Å². The SMILES string of the molecule is COCCN(Cc1nc2ccccc2c(=O)[nH]1)C(=O)C=Cc1cnn(C)c1. The van der Waals surface area contributed by atoms with E-state index in [4.69, 9.17) is 4.74 Å². The van der Waals surface area contributed by atoms with E-state index in [9.17, 15) is 9.59 Å². The van der Waals surface area contributed by atoms with Gasteiger partial charge < -0.3 is 14.6 Å². The molecule has 0 spiro atoms. The summed E-state index contributed by atoms with van der Waals surface area (Å²) >= 11 is 0. The van der Waals surface area contributed by atoms with Gasteiger partial charge >= 0.3 is 0 Å². The summed E-state index contributed by atoms with van der Waals surface area (Å²) in [6.07, 6.45) is 6.66. The highest BCUT2D eigenvalue weighted by Crippen LogP contribution is 2.08. The Morgan fingerprint density at radius 3 is 2.93 bits per heavy atom. The second-order valence-corrected chi connectivity index (χ2v) is 6.06. The fourth-order valence-corrected chi connectivity index (χ4v) is 2.66. The number of aryl methyl sites for hydroxylation is 1. The van der Waals surface area contributed by atoms with Crippen LogP contribution in [-0.2, 0) is 23.1 Å². The first-order chi connectivity index (χ1) is 13.1. The Labute approximate surface area is 156 Å². The Hall–Kier alpha value is -3.26. The zero-order valence-corrected chi connectivity index (χ0v) is 15.3. The summed E-state index contributed by atoms with van der Waals surface area (Å²) in [6.45, 7) is 0.938. The van der Waals surface area contributed by atoms with Crippen molar-refractivity contribution >= 4 is 22.9 Å². The number of carbonyl (C=O) groups excluding carboxylic acids is 1. The molecule has 0 saturated heterocycles. The molecule has 1 amide bonds. The van der Waals surface area contributed by atoms with E-state index in [0.29, 0.717) is 29.9 Å². The summed E-state index contributed by atoms with van der Waals surface area (Å²) < 4.78 is 6.76. The highest BCUT2D eigenvalue weighted by Gasteiger charge is 2.14. The molecule has 3 rings (SSSR count). The van der Waals surface area contributed by atoms with Crippen LogP contribution < -0.4 is 5.56 Å². The van der Waals surface area contributed by atoms with E-state index in [1.807, 2.05) is 19.3 Å². The molecule has 0 radical (unpaired) electrons. The first-order valence-corrected chi connectivity index (χ1v) is 8.49. The zero-order chi connectivity index (χ0) is 19.2. The topological polar surface area (TPSA) is 93.1 Å². The lowest BCUT2D eigenvalue weighted by Gasteiger charge is -2.20. The van der Waals surface area contributed by atoms with Crippen LogP contribution >= 0.6 is 0 Å². The van der Waals surface area contributed by atoms with Gasteiger partial charge in [-0.05, 0) is 18.2 Å². The van der Waals surface area contributed by atoms with Crippen molar-refractivity contribution in [2.75, 3.05) is 20.3 Å². The highest BCUT2D eigenvalue weighted by atomic mass is 16.5. The molecule has 0 saturated carbocycles. The molecule has 1 aromatic carbocycles. The number of nitrogens with one attached hydrogen (secondary N) is 1. The molecule has 0 fully saturated rings. The third-order valence-electron chi connectivity index (χ3n) is 4.02. The molecule has 0 atom stereocenters. The molecular weight excluding hydrogens is 346 g/mol. The second kappa shape index (κ2) is 8.41. The maximum atomic E-state index is 12.6. The smallest absolute Gasteiger partial charge is 0.258 e. The Kier molecular flexibility index (Phi) is 5.77. The number of aromatic nitrogens is 4. The van der Waals surface area contributed by atoms with Crippen molar-refractivity contribution in [3.8, 4) is 0 Å². The van der Waals surface area contributed by atoms with Crippen LogP contribution in [-0.4, -0.2) is 50.8 Å². The van der Waals surface area contributed by atoms with Crippen LogP contribution in [0.3, 0.4) is 0 Å². The fourth-order valence-electron chi connectivity index (χ4n) is 2.66. The lowest BCUT2D eigenvalue weighted by molar-refractivity contribution is -0.127. The predicted molar refractivity (Wildman–Crippen MR) is 102 cm³/mol. The molecule has 1 N–H and O–H groups in total. The fraction of sp³-hybridized carbons (Fsp3) is 0.263. The minimum absolute atomic E-state index is 0.180. The van der Waals surface area contributed by atoms with Crippen molar-refractivity contribution < 1.29 is 9.53 Å². The third-order valence-corrected chi connectivity index (χ3v) is 4.02. The molecule has 0 aliphatic heterocycles. The number of H-pyrrole nitrogens is 1. The largest absolute Gasteiger partial charge is 0.383 e. The molecule has 2 heterocycles. The zero-order valence-electron chi connectivity index (χ0n) is 15.3. The van der Waals surface area contributed by atoms with E-state index in [1.165, 1.54) is 6.08 Å². The summed E-state index contributed by atoms with van der Waals surface area (Å²) in [4.78, 5) is 33.6. The van der Waals surface area contributed by atoms with Gasteiger partial charge in [0.1, 0.15) is 5.82 Å². The van der Waals surface area contributed by atoms with Crippen LogP contribution in [0.1, 0.15) is 11.4 Å². The molecular formula is C19H21N5O3. The number of methoxy groups -OCH3 is 1. The van der Waals surface area contributed by atoms with Crippen LogP contribution in [0, 0.1) is 0 Å². The first kappa shape index (κ1) is 18.5. The van der Waals surface area contributed by atoms with E-state index >= 15 is 0 Å². The average molecular weight is 367 g/mol. The number of rotatable bonds is 7. The summed E-state index contributed by atoms with van der Waals surface area (Å²) in [5.41, 5.74) is 1.21. The van der Waals surface area contributed by atoms with E-state index in [1.54, 1.807) is 47.2 Å². The van der Waals surface area contributed by atoms with Crippen molar-refractivity contribution in [2.45, 2.75) is 6.54 Å². The summed E-state index contributed by atoms with van der Waals surface area (Å²) in [6, 6.07) is 7.10. The van der Waals surface area contributed by atoms with E-state index in [0.717, 1.165) is 5.56 Å². The molecule has 27 heavy (non-hydrogen) atoms. The van der Waals surface area contributed by atoms with Crippen LogP contribution in [0.5, 0.6) is 0 Å². The molecule has 0 aliphatic carbocycles. The maximum absolute atomic E-state index is 12.6. The standard InChI is InChI=1S/C19H21N5O3/c1-23-12-14(11-20-23)7-8-18(25)24(9-10-27-2)13-17-21-16-6-4-3-5-15(16)19(26)22-17/h3-8,11-12H,9-10,13H2,1-2H3,(H,21,22,26). The van der Waals surface area contributed by atoms with E-state index in [2.05, 4.69) is 15.1 Å². The highest BCUT2D eigenvalue weighted by molar-refractivity contribution is 5.91. The number of carbonyl (C=O) groups is 1. The monoisotopic (exact) mass is 367 g/mol. The number of benzene rings is 1. The molecule has 0 unspecified atom stereocenters. The van der Waals surface area contributed by atoms with E-state index < -0.39 is 0 Å². The minimum Gasteiger partial charge on any atom is -0.383 e. The normalized spacial score (nSPS) is 11.3. The lowest BCUT2D eigenvalue weighted by Crippen LogP contribution is -2.33. The first-order valence-electron chi connectivity index (χ1n) is 8.49. The quantitative estimate of drug-likeness (QED) is 0.636. The molecule has 140 valence electrons. The van der Waals surface area contributed by atoms with Gasteiger partial charge in [0.05, 0.1) is 30.3 Å². The van der Waals surface area contributed by atoms with Crippen LogP contribution in [0.4, 0.5) is 0 Å². The minimum atomic E-state index is -0.222. The number of para-hydroxylation sites is 1. The molecule has 0 aliphatic rings. The number of amides is 1. The van der Waals surface area contributed by atoms with Crippen molar-refractivity contribution in [3.63, 3.8) is 0 Å². The number of ether oxygens (including phenoxy) is 1. The molecule has 8 heteroatoms. The molecule has 0 bridgehead atoms. The van der Waals surface area contributed by atoms with E-state index in [-0.39, 0.29) is 18.0 Å². The van der Waals surface area contributed by atoms with Gasteiger partial charge in [-0.25, -0.2) is 4.98 Å². The van der Waals surface area contributed by atoms with Gasteiger partial charge in [-0.15, -0.1) is 0 Å². The van der Waals surface area contributed by atoms with Crippen LogP contribution in [0.15, 0.2) is 47.5 Å². The Balaban J connectivity index is 1.81. The van der Waals surface area contributed by atoms with Crippen molar-refractivity contribution in [3.05, 3.63) is 64.5 Å². The van der Waals surface area contributed by atoms with Crippen molar-refractivity contribution in [2.24, 2.45) is 7.05 Å². The summed E-state index contributed by atoms with van der Waals surface area (Å²) in [7, 11) is 3.38. The molecule has 8 nitrogen and oxygen atoms in total. The maximum Gasteiger partial charge on any atom is 0.258 e. The van der Waals surface area contributed by atoms with Crippen molar-refractivity contribution in [1.29, 1.82) is 0 Å². The van der Waals surface area contributed by atoms with Gasteiger partial charge in [-0.1, -0.05) is 12.1 Å². The number of nitrogens with zero attached hydrogens (tertiary/aromatic N) is 4. The molecule has 3 aromatic rings. The number of hydrogen-bond donors (Lipinski definition) is 1. The molecule has 2 aromatic heterocycles. The predicted octanol–water partition coefficient (Wildman–Crippen LogP) is 1.34. The summed E-state index contributed by atoms with van der Waals surface area (Å²) in [5.74, 6) is 0.227. The summed E-state index contributed by atoms with van der Waals surface area (Å²) in [5, 5.41) is 4.59.